The largest absolute Gasteiger partial charge is 0.457 e. The molecular weight excluding hydrogens is 224 g/mol. The summed E-state index contributed by atoms with van der Waals surface area (Å²) < 4.78 is 5.88. The van der Waals surface area contributed by atoms with Crippen molar-refractivity contribution in [3.8, 4) is 0 Å². The third-order valence-electron chi connectivity index (χ3n) is 3.14. The summed E-state index contributed by atoms with van der Waals surface area (Å²) in [4.78, 5) is 4.38. The monoisotopic (exact) mass is 240 g/mol. The first-order valence-electron chi connectivity index (χ1n) is 6.05. The first-order valence-corrected chi connectivity index (χ1v) is 6.05. The fraction of sp³-hybridized carbons (Fsp3) is 0.267. The molecule has 0 atom stereocenters. The predicted molar refractivity (Wildman–Crippen MR) is 74.6 cm³/mol. The number of aromatic nitrogens is 1. The highest BCUT2D eigenvalue weighted by Gasteiger charge is 2.21. The molecule has 0 aliphatic heterocycles. The highest BCUT2D eigenvalue weighted by atomic mass is 16.3. The smallest absolute Gasteiger partial charge is 0.176 e. The molecule has 2 aromatic heterocycles. The van der Waals surface area contributed by atoms with Gasteiger partial charge in [0, 0.05) is 16.2 Å². The van der Waals surface area contributed by atoms with Crippen molar-refractivity contribution >= 4 is 27.7 Å². The molecule has 3 nitrogen and oxygen atoms in total. The second-order valence-corrected chi connectivity index (χ2v) is 5.62. The van der Waals surface area contributed by atoms with Crippen molar-refractivity contribution in [3.63, 3.8) is 0 Å². The van der Waals surface area contributed by atoms with Gasteiger partial charge in [-0.1, -0.05) is 39.0 Å². The van der Waals surface area contributed by atoms with Gasteiger partial charge in [-0.2, -0.15) is 0 Å². The molecule has 0 bridgehead atoms. The molecule has 3 heteroatoms. The second-order valence-electron chi connectivity index (χ2n) is 5.62. The van der Waals surface area contributed by atoms with Crippen LogP contribution in [0.4, 0.5) is 5.82 Å². The third-order valence-corrected chi connectivity index (χ3v) is 3.14. The maximum Gasteiger partial charge on any atom is 0.176 e. The topological polar surface area (TPSA) is 52.0 Å². The van der Waals surface area contributed by atoms with E-state index in [1.165, 1.54) is 0 Å². The Morgan fingerprint density at radius 2 is 1.83 bits per heavy atom. The zero-order valence-electron chi connectivity index (χ0n) is 10.8. The zero-order valence-corrected chi connectivity index (χ0v) is 10.8. The number of fused-ring (bicyclic) bond motifs is 3. The molecule has 2 heterocycles. The number of para-hydroxylation sites is 1. The molecule has 92 valence electrons. The van der Waals surface area contributed by atoms with Crippen LogP contribution in [0.15, 0.2) is 34.7 Å². The number of benzene rings is 1. The highest BCUT2D eigenvalue weighted by Crippen LogP contribution is 2.34. The Morgan fingerprint density at radius 3 is 2.56 bits per heavy atom. The molecule has 0 spiro atoms. The lowest BCUT2D eigenvalue weighted by atomic mass is 9.93. The Kier molecular flexibility index (Phi) is 2.14. The van der Waals surface area contributed by atoms with E-state index in [0.29, 0.717) is 11.4 Å². The van der Waals surface area contributed by atoms with Crippen molar-refractivity contribution in [2.75, 3.05) is 5.73 Å². The average molecular weight is 240 g/mol. The van der Waals surface area contributed by atoms with Gasteiger partial charge in [-0.05, 0) is 12.1 Å². The van der Waals surface area contributed by atoms with Crippen LogP contribution in [0, 0.1) is 0 Å². The minimum atomic E-state index is -0.0352. The molecule has 3 rings (SSSR count). The quantitative estimate of drug-likeness (QED) is 0.649. The van der Waals surface area contributed by atoms with Crippen LogP contribution in [0.2, 0.25) is 0 Å². The van der Waals surface area contributed by atoms with Gasteiger partial charge in [0.25, 0.3) is 0 Å². The van der Waals surface area contributed by atoms with Crippen LogP contribution in [0.1, 0.15) is 26.5 Å². The Morgan fingerprint density at radius 1 is 1.11 bits per heavy atom. The van der Waals surface area contributed by atoms with E-state index in [1.807, 2.05) is 24.3 Å². The maximum absolute atomic E-state index is 5.97. The number of nitrogens with two attached hydrogens (primary N) is 1. The minimum Gasteiger partial charge on any atom is -0.457 e. The molecule has 0 radical (unpaired) electrons. The summed E-state index contributed by atoms with van der Waals surface area (Å²) in [7, 11) is 0. The van der Waals surface area contributed by atoms with Gasteiger partial charge in [0.05, 0.1) is 5.52 Å². The molecule has 0 aliphatic carbocycles. The standard InChI is InChI=1S/C15H16N2O/c1-15(2,3)12-8-10-9-6-4-5-7-11(9)17-14(16)13(10)18-12/h4-8H,1-3H3,(H2,16,17). The Labute approximate surface area is 106 Å². The maximum atomic E-state index is 5.97. The van der Waals surface area contributed by atoms with E-state index < -0.39 is 0 Å². The summed E-state index contributed by atoms with van der Waals surface area (Å²) in [6.45, 7) is 6.36. The summed E-state index contributed by atoms with van der Waals surface area (Å²) in [6, 6.07) is 10.1. The summed E-state index contributed by atoms with van der Waals surface area (Å²) in [5, 5.41) is 2.13. The predicted octanol–water partition coefficient (Wildman–Crippen LogP) is 3.86. The number of pyridine rings is 1. The van der Waals surface area contributed by atoms with Crippen LogP contribution in [0.25, 0.3) is 21.9 Å². The van der Waals surface area contributed by atoms with Gasteiger partial charge < -0.3 is 10.2 Å². The van der Waals surface area contributed by atoms with E-state index in [0.717, 1.165) is 22.0 Å². The zero-order chi connectivity index (χ0) is 12.9. The Balaban J connectivity index is 2.45. The van der Waals surface area contributed by atoms with Gasteiger partial charge in [0.15, 0.2) is 11.4 Å². The van der Waals surface area contributed by atoms with Crippen LogP contribution in [-0.4, -0.2) is 4.98 Å². The first-order chi connectivity index (χ1) is 8.47. The SMILES string of the molecule is CC(C)(C)c1cc2c(o1)c(N)nc1ccccc12. The van der Waals surface area contributed by atoms with E-state index >= 15 is 0 Å². The lowest BCUT2D eigenvalue weighted by Gasteiger charge is -2.13. The number of furan rings is 1. The van der Waals surface area contributed by atoms with Crippen LogP contribution in [-0.2, 0) is 5.41 Å². The van der Waals surface area contributed by atoms with Crippen LogP contribution >= 0.6 is 0 Å². The van der Waals surface area contributed by atoms with E-state index in [9.17, 15) is 0 Å². The van der Waals surface area contributed by atoms with E-state index in [-0.39, 0.29) is 5.41 Å². The summed E-state index contributed by atoms with van der Waals surface area (Å²) in [5.74, 6) is 1.39. The van der Waals surface area contributed by atoms with E-state index in [4.69, 9.17) is 10.2 Å². The number of hydrogen-bond donors (Lipinski definition) is 1. The van der Waals surface area contributed by atoms with Crippen LogP contribution in [0.3, 0.4) is 0 Å². The number of anilines is 1. The highest BCUT2D eigenvalue weighted by molar-refractivity contribution is 6.07. The molecule has 0 saturated carbocycles. The lowest BCUT2D eigenvalue weighted by Crippen LogP contribution is -2.08. The number of nitrogen functional groups attached to an aromatic ring is 1. The Hall–Kier alpha value is -2.03. The van der Waals surface area contributed by atoms with Gasteiger partial charge in [0.2, 0.25) is 0 Å². The molecule has 0 amide bonds. The molecule has 0 unspecified atom stereocenters. The van der Waals surface area contributed by atoms with Crippen molar-refractivity contribution < 1.29 is 4.42 Å². The molecule has 2 N–H and O–H groups in total. The van der Waals surface area contributed by atoms with Crippen molar-refractivity contribution in [2.24, 2.45) is 0 Å². The van der Waals surface area contributed by atoms with E-state index in [1.54, 1.807) is 0 Å². The normalized spacial score (nSPS) is 12.4. The molecule has 1 aromatic carbocycles. The summed E-state index contributed by atoms with van der Waals surface area (Å²) in [6.07, 6.45) is 0. The first kappa shape index (κ1) is 11.1. The molecule has 0 fully saturated rings. The van der Waals surface area contributed by atoms with E-state index in [2.05, 4.69) is 31.8 Å². The second kappa shape index (κ2) is 3.48. The van der Waals surface area contributed by atoms with Crippen molar-refractivity contribution in [3.05, 3.63) is 36.1 Å². The summed E-state index contributed by atoms with van der Waals surface area (Å²) >= 11 is 0. The third kappa shape index (κ3) is 1.55. The van der Waals surface area contributed by atoms with Gasteiger partial charge in [0.1, 0.15) is 5.76 Å². The molecule has 0 aliphatic rings. The number of nitrogens with zero attached hydrogens (tertiary/aromatic N) is 1. The lowest BCUT2D eigenvalue weighted by molar-refractivity contribution is 0.430. The molecule has 0 saturated heterocycles. The van der Waals surface area contributed by atoms with Gasteiger partial charge in [-0.15, -0.1) is 0 Å². The minimum absolute atomic E-state index is 0.0352. The van der Waals surface area contributed by atoms with Crippen molar-refractivity contribution in [1.82, 2.24) is 4.98 Å². The van der Waals surface area contributed by atoms with Crippen LogP contribution < -0.4 is 5.73 Å². The van der Waals surface area contributed by atoms with Gasteiger partial charge in [-0.25, -0.2) is 4.98 Å². The molecular formula is C15H16N2O. The molecule has 3 aromatic rings. The van der Waals surface area contributed by atoms with Gasteiger partial charge >= 0.3 is 0 Å². The Bertz CT molecular complexity index is 735. The molecule has 18 heavy (non-hydrogen) atoms. The fourth-order valence-electron chi connectivity index (χ4n) is 2.13. The fourth-order valence-corrected chi connectivity index (χ4v) is 2.13. The average Bonchev–Trinajstić information content (AvgIpc) is 2.74. The number of hydrogen-bond acceptors (Lipinski definition) is 3. The van der Waals surface area contributed by atoms with Gasteiger partial charge in [-0.3, -0.25) is 0 Å². The summed E-state index contributed by atoms with van der Waals surface area (Å²) in [5.41, 5.74) is 7.54. The van der Waals surface area contributed by atoms with Crippen molar-refractivity contribution in [2.45, 2.75) is 26.2 Å². The van der Waals surface area contributed by atoms with Crippen molar-refractivity contribution in [1.29, 1.82) is 0 Å². The van der Waals surface area contributed by atoms with Crippen LogP contribution in [0.5, 0.6) is 0 Å². The number of rotatable bonds is 0.